The number of halogens is 1. The molecule has 0 saturated carbocycles. The molecule has 1 aromatic heterocycles. The molecule has 3 aromatic rings. The minimum absolute atomic E-state index is 0.00885. The van der Waals surface area contributed by atoms with E-state index < -0.39 is 21.9 Å². The number of aromatic nitrogens is 1. The summed E-state index contributed by atoms with van der Waals surface area (Å²) in [6.45, 7) is 3.39. The number of sulfonamides is 1. The maximum Gasteiger partial charge on any atom is 0.323 e. The van der Waals surface area contributed by atoms with Gasteiger partial charge in [0.1, 0.15) is 5.82 Å². The van der Waals surface area contributed by atoms with Crippen LogP contribution in [0.4, 0.5) is 26.4 Å². The summed E-state index contributed by atoms with van der Waals surface area (Å²) >= 11 is 0. The molecule has 2 amide bonds. The van der Waals surface area contributed by atoms with Gasteiger partial charge in [0.2, 0.25) is 5.88 Å². The van der Waals surface area contributed by atoms with Crippen LogP contribution in [-0.4, -0.2) is 19.6 Å². The molecule has 0 spiro atoms. The number of benzene rings is 2. The van der Waals surface area contributed by atoms with E-state index in [0.717, 1.165) is 0 Å². The number of nitrogens with zero attached hydrogens (tertiary/aromatic N) is 1. The van der Waals surface area contributed by atoms with Gasteiger partial charge in [-0.2, -0.15) is 0 Å². The van der Waals surface area contributed by atoms with E-state index in [9.17, 15) is 17.6 Å². The molecule has 0 atom stereocenters. The van der Waals surface area contributed by atoms with Crippen molar-refractivity contribution in [3.05, 3.63) is 65.6 Å². The van der Waals surface area contributed by atoms with Crippen LogP contribution in [-0.2, 0) is 10.0 Å². The molecule has 1 heterocycles. The smallest absolute Gasteiger partial charge is 0.323 e. The van der Waals surface area contributed by atoms with E-state index in [1.807, 2.05) is 0 Å². The van der Waals surface area contributed by atoms with Crippen LogP contribution in [0.15, 0.2) is 57.9 Å². The van der Waals surface area contributed by atoms with Crippen LogP contribution in [0, 0.1) is 19.7 Å². The number of carbonyl (C=O) groups excluding carboxylic acids is 1. The maximum atomic E-state index is 12.9. The van der Waals surface area contributed by atoms with E-state index in [1.165, 1.54) is 48.5 Å². The Bertz CT molecular complexity index is 1090. The van der Waals surface area contributed by atoms with Gasteiger partial charge < -0.3 is 15.2 Å². The molecule has 2 aromatic carbocycles. The molecule has 146 valence electrons. The first-order valence-corrected chi connectivity index (χ1v) is 9.62. The third-order valence-electron chi connectivity index (χ3n) is 3.91. The molecule has 3 rings (SSSR count). The number of nitrogens with one attached hydrogen (secondary N) is 3. The number of anilines is 3. The average molecular weight is 404 g/mol. The van der Waals surface area contributed by atoms with Gasteiger partial charge in [-0.25, -0.2) is 22.3 Å². The molecule has 8 nitrogen and oxygen atoms in total. The van der Waals surface area contributed by atoms with Crippen LogP contribution < -0.4 is 15.4 Å². The number of urea groups is 1. The Hall–Kier alpha value is -3.40. The first kappa shape index (κ1) is 19.4. The molecular formula is C18H17FN4O4S. The molecular weight excluding hydrogens is 387 g/mol. The van der Waals surface area contributed by atoms with Crippen molar-refractivity contribution >= 4 is 33.3 Å². The molecule has 0 aliphatic carbocycles. The van der Waals surface area contributed by atoms with Crippen molar-refractivity contribution < 1.29 is 22.1 Å². The Kier molecular flexibility index (Phi) is 5.32. The van der Waals surface area contributed by atoms with E-state index in [2.05, 4.69) is 20.5 Å². The Morgan fingerprint density at radius 3 is 2.00 bits per heavy atom. The van der Waals surface area contributed by atoms with E-state index in [0.29, 0.717) is 22.6 Å². The summed E-state index contributed by atoms with van der Waals surface area (Å²) in [5.74, 6) is -0.356. The molecule has 0 bridgehead atoms. The number of hydrogen-bond donors (Lipinski definition) is 3. The lowest BCUT2D eigenvalue weighted by atomic mass is 10.3. The Balaban J connectivity index is 1.66. The van der Waals surface area contributed by atoms with Crippen LogP contribution >= 0.6 is 0 Å². The van der Waals surface area contributed by atoms with Gasteiger partial charge >= 0.3 is 6.03 Å². The van der Waals surface area contributed by atoms with Gasteiger partial charge in [0.05, 0.1) is 10.6 Å². The highest BCUT2D eigenvalue weighted by molar-refractivity contribution is 7.92. The lowest BCUT2D eigenvalue weighted by Gasteiger charge is -2.09. The lowest BCUT2D eigenvalue weighted by molar-refractivity contribution is 0.262. The predicted octanol–water partition coefficient (Wildman–Crippen LogP) is 3.88. The Morgan fingerprint density at radius 1 is 0.964 bits per heavy atom. The fraction of sp³-hybridized carbons (Fsp3) is 0.111. The third kappa shape index (κ3) is 4.46. The van der Waals surface area contributed by atoms with E-state index in [-0.39, 0.29) is 10.8 Å². The van der Waals surface area contributed by atoms with Gasteiger partial charge in [-0.15, -0.1) is 0 Å². The normalized spacial score (nSPS) is 11.1. The van der Waals surface area contributed by atoms with E-state index in [4.69, 9.17) is 4.52 Å². The summed E-state index contributed by atoms with van der Waals surface area (Å²) in [6, 6.07) is 10.3. The summed E-state index contributed by atoms with van der Waals surface area (Å²) in [4.78, 5) is 12.0. The van der Waals surface area contributed by atoms with Gasteiger partial charge in [-0.05, 0) is 62.4 Å². The maximum absolute atomic E-state index is 12.9. The van der Waals surface area contributed by atoms with Crippen LogP contribution in [0.2, 0.25) is 0 Å². The Labute approximate surface area is 160 Å². The molecule has 0 unspecified atom stereocenters. The molecule has 0 saturated heterocycles. The van der Waals surface area contributed by atoms with Gasteiger partial charge in [0, 0.05) is 16.9 Å². The largest absolute Gasteiger partial charge is 0.337 e. The second-order valence-electron chi connectivity index (χ2n) is 5.94. The fourth-order valence-corrected chi connectivity index (χ4v) is 3.28. The molecule has 0 aliphatic rings. The first-order valence-electron chi connectivity index (χ1n) is 8.14. The van der Waals surface area contributed by atoms with Gasteiger partial charge in [-0.3, -0.25) is 0 Å². The first-order chi connectivity index (χ1) is 13.2. The molecule has 0 fully saturated rings. The summed E-state index contributed by atoms with van der Waals surface area (Å²) in [5.41, 5.74) is 1.98. The van der Waals surface area contributed by atoms with Crippen molar-refractivity contribution in [3.63, 3.8) is 0 Å². The zero-order chi connectivity index (χ0) is 20.3. The van der Waals surface area contributed by atoms with Gasteiger partial charge in [-0.1, -0.05) is 5.16 Å². The highest BCUT2D eigenvalue weighted by atomic mass is 32.2. The van der Waals surface area contributed by atoms with Crippen molar-refractivity contribution in [3.8, 4) is 0 Å². The summed E-state index contributed by atoms with van der Waals surface area (Å²) in [5, 5.41) is 8.80. The summed E-state index contributed by atoms with van der Waals surface area (Å²) in [7, 11) is -3.87. The van der Waals surface area contributed by atoms with Crippen molar-refractivity contribution in [1.82, 2.24) is 5.16 Å². The van der Waals surface area contributed by atoms with Crippen molar-refractivity contribution in [2.75, 3.05) is 15.4 Å². The molecule has 3 N–H and O–H groups in total. The SMILES string of the molecule is Cc1noc(NS(=O)(=O)c2ccc(NC(=O)Nc3ccc(F)cc3)cc2)c1C. The highest BCUT2D eigenvalue weighted by Gasteiger charge is 2.19. The molecule has 28 heavy (non-hydrogen) atoms. The van der Waals surface area contributed by atoms with Crippen LogP contribution in [0.25, 0.3) is 0 Å². The van der Waals surface area contributed by atoms with Crippen molar-refractivity contribution in [1.29, 1.82) is 0 Å². The van der Waals surface area contributed by atoms with Gasteiger partial charge in [0.25, 0.3) is 10.0 Å². The fourth-order valence-electron chi connectivity index (χ4n) is 2.24. The number of aryl methyl sites for hydroxylation is 1. The van der Waals surface area contributed by atoms with Gasteiger partial charge in [0.15, 0.2) is 0 Å². The molecule has 0 radical (unpaired) electrons. The van der Waals surface area contributed by atoms with Crippen LogP contribution in [0.1, 0.15) is 11.3 Å². The zero-order valence-electron chi connectivity index (χ0n) is 15.0. The van der Waals surface area contributed by atoms with Crippen LogP contribution in [0.5, 0.6) is 0 Å². The quantitative estimate of drug-likeness (QED) is 0.597. The number of hydrogen-bond acceptors (Lipinski definition) is 5. The minimum Gasteiger partial charge on any atom is -0.337 e. The third-order valence-corrected chi connectivity index (χ3v) is 5.26. The lowest BCUT2D eigenvalue weighted by Crippen LogP contribution is -2.19. The zero-order valence-corrected chi connectivity index (χ0v) is 15.8. The predicted molar refractivity (Wildman–Crippen MR) is 102 cm³/mol. The molecule has 0 aliphatic heterocycles. The minimum atomic E-state index is -3.87. The second kappa shape index (κ2) is 7.69. The standard InChI is InChI=1S/C18H17FN4O4S/c1-11-12(2)22-27-17(11)23-28(25,26)16-9-7-15(8-10-16)21-18(24)20-14-5-3-13(19)4-6-14/h3-10,23H,1-2H3,(H2,20,21,24). The van der Waals surface area contributed by atoms with Crippen molar-refractivity contribution in [2.45, 2.75) is 18.7 Å². The van der Waals surface area contributed by atoms with Crippen molar-refractivity contribution in [2.24, 2.45) is 0 Å². The average Bonchev–Trinajstić information content (AvgIpc) is 2.96. The van der Waals surface area contributed by atoms with Crippen LogP contribution in [0.3, 0.4) is 0 Å². The highest BCUT2D eigenvalue weighted by Crippen LogP contribution is 2.22. The Morgan fingerprint density at radius 2 is 1.50 bits per heavy atom. The monoisotopic (exact) mass is 404 g/mol. The number of rotatable bonds is 5. The van der Waals surface area contributed by atoms with E-state index in [1.54, 1.807) is 13.8 Å². The van der Waals surface area contributed by atoms with E-state index >= 15 is 0 Å². The topological polar surface area (TPSA) is 113 Å². The molecule has 10 heteroatoms. The number of amides is 2. The second-order valence-corrected chi connectivity index (χ2v) is 7.62. The number of carbonyl (C=O) groups is 1. The summed E-state index contributed by atoms with van der Waals surface area (Å²) in [6.07, 6.45) is 0. The summed E-state index contributed by atoms with van der Waals surface area (Å²) < 4.78 is 45.0.